The summed E-state index contributed by atoms with van der Waals surface area (Å²) in [5.41, 5.74) is 0.147. The van der Waals surface area contributed by atoms with Crippen LogP contribution in [0.3, 0.4) is 0 Å². The quantitative estimate of drug-likeness (QED) is 0.834. The fourth-order valence-corrected chi connectivity index (χ4v) is 3.33. The molecule has 1 N–H and O–H groups in total. The molecule has 1 amide bonds. The van der Waals surface area contributed by atoms with Crippen LogP contribution < -0.4 is 5.32 Å². The maximum atomic E-state index is 12.0. The van der Waals surface area contributed by atoms with E-state index in [0.29, 0.717) is 18.1 Å². The second kappa shape index (κ2) is 5.43. The van der Waals surface area contributed by atoms with Crippen molar-refractivity contribution in [1.29, 1.82) is 0 Å². The Bertz CT molecular complexity index is 332. The van der Waals surface area contributed by atoms with Gasteiger partial charge in [0.25, 0.3) is 0 Å². The van der Waals surface area contributed by atoms with Crippen LogP contribution >= 0.6 is 0 Å². The first-order chi connectivity index (χ1) is 8.79. The van der Waals surface area contributed by atoms with Gasteiger partial charge < -0.3 is 10.1 Å². The third-order valence-corrected chi connectivity index (χ3v) is 4.65. The zero-order chi connectivity index (χ0) is 14.2. The van der Waals surface area contributed by atoms with E-state index in [2.05, 4.69) is 26.1 Å². The Labute approximate surface area is 117 Å². The highest BCUT2D eigenvalue weighted by Crippen LogP contribution is 2.42. The van der Waals surface area contributed by atoms with Gasteiger partial charge in [-0.25, -0.2) is 0 Å². The summed E-state index contributed by atoms with van der Waals surface area (Å²) in [6, 6.07) is 0.306. The van der Waals surface area contributed by atoms with Crippen molar-refractivity contribution in [3.05, 3.63) is 0 Å². The van der Waals surface area contributed by atoms with Crippen LogP contribution in [-0.2, 0) is 9.53 Å². The molecule has 0 aromatic carbocycles. The summed E-state index contributed by atoms with van der Waals surface area (Å²) < 4.78 is 6.30. The molecule has 2 fully saturated rings. The monoisotopic (exact) mass is 267 g/mol. The standard InChI is InChI=1S/C16H29NO2/c1-10(2)15(18)17-12-9-14(16(3,4)5)19-13-8-6-7-11(12)13/h10-14H,6-9H2,1-5H3,(H,17,18)/t11-,12+,13+,14+/m0/s1. The summed E-state index contributed by atoms with van der Waals surface area (Å²) in [5.74, 6) is 0.780. The van der Waals surface area contributed by atoms with Gasteiger partial charge in [0, 0.05) is 17.9 Å². The van der Waals surface area contributed by atoms with Gasteiger partial charge in [-0.1, -0.05) is 41.0 Å². The minimum absolute atomic E-state index is 0.0655. The van der Waals surface area contributed by atoms with Gasteiger partial charge in [-0.05, 0) is 24.7 Å². The summed E-state index contributed by atoms with van der Waals surface area (Å²) >= 11 is 0. The van der Waals surface area contributed by atoms with Crippen LogP contribution in [0.5, 0.6) is 0 Å². The molecule has 1 aliphatic heterocycles. The molecular formula is C16H29NO2. The van der Waals surface area contributed by atoms with Crippen LogP contribution in [0.25, 0.3) is 0 Å². The van der Waals surface area contributed by atoms with Gasteiger partial charge in [-0.2, -0.15) is 0 Å². The number of carbonyl (C=O) groups excluding carboxylic acids is 1. The lowest BCUT2D eigenvalue weighted by molar-refractivity contribution is -0.138. The predicted molar refractivity (Wildman–Crippen MR) is 76.8 cm³/mol. The van der Waals surface area contributed by atoms with Gasteiger partial charge in [0.15, 0.2) is 0 Å². The Morgan fingerprint density at radius 1 is 1.26 bits per heavy atom. The van der Waals surface area contributed by atoms with E-state index in [9.17, 15) is 4.79 Å². The Hall–Kier alpha value is -0.570. The molecule has 2 aliphatic rings. The van der Waals surface area contributed by atoms with E-state index < -0.39 is 0 Å². The largest absolute Gasteiger partial charge is 0.374 e. The van der Waals surface area contributed by atoms with E-state index >= 15 is 0 Å². The molecule has 2 rings (SSSR count). The molecule has 1 saturated carbocycles. The van der Waals surface area contributed by atoms with Gasteiger partial charge in [0.2, 0.25) is 5.91 Å². The average Bonchev–Trinajstić information content (AvgIpc) is 2.75. The molecule has 1 aliphatic carbocycles. The van der Waals surface area contributed by atoms with Crippen molar-refractivity contribution < 1.29 is 9.53 Å². The molecule has 0 bridgehead atoms. The van der Waals surface area contributed by atoms with E-state index in [0.717, 1.165) is 12.8 Å². The van der Waals surface area contributed by atoms with Crippen molar-refractivity contribution in [2.24, 2.45) is 17.3 Å². The average molecular weight is 267 g/mol. The van der Waals surface area contributed by atoms with Crippen LogP contribution in [0.1, 0.15) is 60.3 Å². The van der Waals surface area contributed by atoms with Gasteiger partial charge in [0.1, 0.15) is 0 Å². The molecule has 0 aromatic rings. The number of nitrogens with one attached hydrogen (secondary N) is 1. The van der Waals surface area contributed by atoms with Crippen molar-refractivity contribution in [3.63, 3.8) is 0 Å². The van der Waals surface area contributed by atoms with Crippen LogP contribution in [-0.4, -0.2) is 24.2 Å². The van der Waals surface area contributed by atoms with Gasteiger partial charge in [-0.15, -0.1) is 0 Å². The molecule has 3 nitrogen and oxygen atoms in total. The lowest BCUT2D eigenvalue weighted by Gasteiger charge is -2.44. The summed E-state index contributed by atoms with van der Waals surface area (Å²) in [4.78, 5) is 12.0. The Morgan fingerprint density at radius 3 is 2.53 bits per heavy atom. The SMILES string of the molecule is CC(C)C(=O)N[C@@H]1C[C@H](C(C)(C)C)O[C@@H]2CCC[C@@H]12. The first-order valence-electron chi connectivity index (χ1n) is 7.75. The third kappa shape index (κ3) is 3.31. The molecule has 0 unspecified atom stereocenters. The fraction of sp³-hybridized carbons (Fsp3) is 0.938. The minimum Gasteiger partial charge on any atom is -0.374 e. The number of carbonyl (C=O) groups is 1. The fourth-order valence-electron chi connectivity index (χ4n) is 3.33. The van der Waals surface area contributed by atoms with Crippen molar-refractivity contribution in [2.75, 3.05) is 0 Å². The number of hydrogen-bond acceptors (Lipinski definition) is 2. The number of ether oxygens (including phenoxy) is 1. The van der Waals surface area contributed by atoms with E-state index in [1.54, 1.807) is 0 Å². The Morgan fingerprint density at radius 2 is 1.95 bits per heavy atom. The topological polar surface area (TPSA) is 38.3 Å². The second-order valence-electron chi connectivity index (χ2n) is 7.63. The van der Waals surface area contributed by atoms with E-state index in [1.165, 1.54) is 12.8 Å². The number of amides is 1. The molecule has 0 aromatic heterocycles. The molecule has 4 atom stereocenters. The maximum absolute atomic E-state index is 12.0. The van der Waals surface area contributed by atoms with Crippen molar-refractivity contribution in [2.45, 2.75) is 78.6 Å². The normalized spacial score (nSPS) is 35.3. The molecule has 3 heteroatoms. The van der Waals surface area contributed by atoms with E-state index in [4.69, 9.17) is 4.74 Å². The van der Waals surface area contributed by atoms with Crippen LogP contribution in [0.4, 0.5) is 0 Å². The highest BCUT2D eigenvalue weighted by atomic mass is 16.5. The second-order valence-corrected chi connectivity index (χ2v) is 7.63. The first-order valence-corrected chi connectivity index (χ1v) is 7.75. The lowest BCUT2D eigenvalue weighted by atomic mass is 9.78. The third-order valence-electron chi connectivity index (χ3n) is 4.65. The number of rotatable bonds is 2. The summed E-state index contributed by atoms with van der Waals surface area (Å²) in [6.07, 6.45) is 5.17. The minimum atomic E-state index is 0.0655. The predicted octanol–water partition coefficient (Wildman–Crippen LogP) is 3.13. The maximum Gasteiger partial charge on any atom is 0.222 e. The molecule has 1 saturated heterocycles. The zero-order valence-corrected chi connectivity index (χ0v) is 13.0. The summed E-state index contributed by atoms with van der Waals surface area (Å²) in [7, 11) is 0. The smallest absolute Gasteiger partial charge is 0.222 e. The van der Waals surface area contributed by atoms with Crippen molar-refractivity contribution >= 4 is 5.91 Å². The lowest BCUT2D eigenvalue weighted by Crippen LogP contribution is -2.53. The van der Waals surface area contributed by atoms with Crippen molar-refractivity contribution in [3.8, 4) is 0 Å². The summed E-state index contributed by atoms with van der Waals surface area (Å²) in [6.45, 7) is 10.6. The van der Waals surface area contributed by atoms with Crippen LogP contribution in [0.15, 0.2) is 0 Å². The van der Waals surface area contributed by atoms with Crippen molar-refractivity contribution in [1.82, 2.24) is 5.32 Å². The summed E-state index contributed by atoms with van der Waals surface area (Å²) in [5, 5.41) is 3.27. The molecular weight excluding hydrogens is 238 g/mol. The molecule has 110 valence electrons. The molecule has 1 heterocycles. The molecule has 19 heavy (non-hydrogen) atoms. The van der Waals surface area contributed by atoms with Gasteiger partial charge in [0.05, 0.1) is 12.2 Å². The van der Waals surface area contributed by atoms with Crippen LogP contribution in [0, 0.1) is 17.3 Å². The zero-order valence-electron chi connectivity index (χ0n) is 13.0. The number of fused-ring (bicyclic) bond motifs is 1. The van der Waals surface area contributed by atoms with E-state index in [1.807, 2.05) is 13.8 Å². The first kappa shape index (κ1) is 14.8. The molecule has 0 spiro atoms. The molecule has 0 radical (unpaired) electrons. The number of hydrogen-bond donors (Lipinski definition) is 1. The Balaban J connectivity index is 2.08. The van der Waals surface area contributed by atoms with Gasteiger partial charge in [-0.3, -0.25) is 4.79 Å². The highest BCUT2D eigenvalue weighted by Gasteiger charge is 2.45. The van der Waals surface area contributed by atoms with Gasteiger partial charge >= 0.3 is 0 Å². The Kier molecular flexibility index (Phi) is 4.24. The highest BCUT2D eigenvalue weighted by molar-refractivity contribution is 5.78. The van der Waals surface area contributed by atoms with E-state index in [-0.39, 0.29) is 23.3 Å². The van der Waals surface area contributed by atoms with Crippen LogP contribution in [0.2, 0.25) is 0 Å².